The number of rotatable bonds is 4. The molecule has 0 saturated carbocycles. The highest BCUT2D eigenvalue weighted by molar-refractivity contribution is 6.02. The highest BCUT2D eigenvalue weighted by Gasteiger charge is 2.30. The zero-order valence-corrected chi connectivity index (χ0v) is 21.5. The fourth-order valence-corrected chi connectivity index (χ4v) is 5.43. The van der Waals surface area contributed by atoms with Crippen molar-refractivity contribution >= 4 is 16.8 Å². The van der Waals surface area contributed by atoms with Crippen LogP contribution in [-0.4, -0.2) is 33.5 Å². The van der Waals surface area contributed by atoms with Gasteiger partial charge in [-0.3, -0.25) is 19.1 Å². The molecule has 8 heteroatoms. The molecule has 0 saturated heterocycles. The maximum atomic E-state index is 13.2. The predicted octanol–water partition coefficient (Wildman–Crippen LogP) is 4.33. The molecule has 6 rings (SSSR count). The Bertz CT molecular complexity index is 1670. The van der Waals surface area contributed by atoms with Gasteiger partial charge < -0.3 is 9.47 Å². The summed E-state index contributed by atoms with van der Waals surface area (Å²) in [6.45, 7) is 5.62. The van der Waals surface area contributed by atoms with Crippen LogP contribution in [0.25, 0.3) is 11.0 Å². The molecule has 194 valence electrons. The summed E-state index contributed by atoms with van der Waals surface area (Å²) in [6, 6.07) is 13.9. The van der Waals surface area contributed by atoms with Crippen LogP contribution in [0.3, 0.4) is 0 Å². The van der Waals surface area contributed by atoms with E-state index < -0.39 is 11.2 Å². The van der Waals surface area contributed by atoms with Crippen molar-refractivity contribution in [2.75, 3.05) is 13.2 Å². The molecular weight excluding hydrogens is 482 g/mol. The van der Waals surface area contributed by atoms with Crippen LogP contribution in [0.4, 0.5) is 0 Å². The summed E-state index contributed by atoms with van der Waals surface area (Å²) in [5.41, 5.74) is 3.42. The molecule has 2 aromatic heterocycles. The number of aromatic nitrogens is 3. The lowest BCUT2D eigenvalue weighted by atomic mass is 9.79. The maximum Gasteiger partial charge on any atom is 0.330 e. The van der Waals surface area contributed by atoms with Gasteiger partial charge in [0.15, 0.2) is 17.3 Å². The average Bonchev–Trinajstić information content (AvgIpc) is 3.15. The second kappa shape index (κ2) is 9.59. The zero-order chi connectivity index (χ0) is 26.4. The standard InChI is InChI=1S/C30H29N3O5/c1-17(2)19-5-7-20(8-6-19)21-13-22-23(24(34)14-21)15-31-28-27(22)29(35)32-30(36)33(28)16-18-4-9-25-26(12-18)38-11-3-10-37-25/h4-9,12,15,17,21H,3,10-11,13-14,16H2,1-2H3,(H,32,35,36). The summed E-state index contributed by atoms with van der Waals surface area (Å²) in [5, 5.41) is 0.299. The normalized spacial score (nSPS) is 16.9. The average molecular weight is 512 g/mol. The van der Waals surface area contributed by atoms with Crippen molar-refractivity contribution < 1.29 is 14.3 Å². The Morgan fingerprint density at radius 3 is 2.53 bits per heavy atom. The van der Waals surface area contributed by atoms with Gasteiger partial charge in [-0.25, -0.2) is 9.78 Å². The number of carbonyl (C=O) groups excluding carboxylic acids is 1. The molecule has 0 spiro atoms. The molecular formula is C30H29N3O5. The van der Waals surface area contributed by atoms with Gasteiger partial charge in [0.1, 0.15) is 5.65 Å². The Kier molecular flexibility index (Phi) is 6.10. The number of hydrogen-bond acceptors (Lipinski definition) is 6. The molecule has 0 amide bonds. The molecule has 2 aliphatic rings. The van der Waals surface area contributed by atoms with Crippen molar-refractivity contribution in [3.05, 3.63) is 97.3 Å². The monoisotopic (exact) mass is 511 g/mol. The summed E-state index contributed by atoms with van der Waals surface area (Å²) in [7, 11) is 0. The second-order valence-electron chi connectivity index (χ2n) is 10.4. The summed E-state index contributed by atoms with van der Waals surface area (Å²) in [4.78, 5) is 46.1. The number of Topliss-reactive ketones (excluding diaryl/α,β-unsaturated/α-hetero) is 1. The van der Waals surface area contributed by atoms with Gasteiger partial charge in [-0.1, -0.05) is 44.2 Å². The van der Waals surface area contributed by atoms with Crippen LogP contribution in [0.1, 0.15) is 71.1 Å². The van der Waals surface area contributed by atoms with Crippen molar-refractivity contribution in [2.45, 2.75) is 51.5 Å². The van der Waals surface area contributed by atoms with Crippen LogP contribution in [-0.2, 0) is 13.0 Å². The van der Waals surface area contributed by atoms with E-state index in [9.17, 15) is 14.4 Å². The first kappa shape index (κ1) is 24.2. The lowest BCUT2D eigenvalue weighted by molar-refractivity contribution is 0.0964. The third kappa shape index (κ3) is 4.30. The van der Waals surface area contributed by atoms with Gasteiger partial charge in [-0.05, 0) is 52.6 Å². The lowest BCUT2D eigenvalue weighted by Gasteiger charge is -2.25. The van der Waals surface area contributed by atoms with E-state index >= 15 is 0 Å². The predicted molar refractivity (Wildman–Crippen MR) is 144 cm³/mol. The van der Waals surface area contributed by atoms with E-state index in [1.54, 1.807) is 0 Å². The number of fused-ring (bicyclic) bond motifs is 4. The van der Waals surface area contributed by atoms with Gasteiger partial charge in [0, 0.05) is 24.6 Å². The summed E-state index contributed by atoms with van der Waals surface area (Å²) >= 11 is 0. The van der Waals surface area contributed by atoms with Crippen LogP contribution in [0, 0.1) is 0 Å². The maximum absolute atomic E-state index is 13.2. The van der Waals surface area contributed by atoms with Crippen LogP contribution in [0.2, 0.25) is 0 Å². The molecule has 3 heterocycles. The summed E-state index contributed by atoms with van der Waals surface area (Å²) in [6.07, 6.45) is 3.19. The zero-order valence-electron chi connectivity index (χ0n) is 21.5. The molecule has 1 aliphatic heterocycles. The van der Waals surface area contributed by atoms with E-state index in [1.165, 1.54) is 16.3 Å². The number of carbonyl (C=O) groups is 1. The van der Waals surface area contributed by atoms with Crippen molar-refractivity contribution in [1.29, 1.82) is 0 Å². The Morgan fingerprint density at radius 1 is 1.00 bits per heavy atom. The van der Waals surface area contributed by atoms with Crippen molar-refractivity contribution in [3.63, 3.8) is 0 Å². The molecule has 0 fully saturated rings. The fraction of sp³-hybridized carbons (Fsp3) is 0.333. The molecule has 1 aliphatic carbocycles. The quantitative estimate of drug-likeness (QED) is 0.438. The molecule has 0 bridgehead atoms. The number of pyridine rings is 1. The summed E-state index contributed by atoms with van der Waals surface area (Å²) < 4.78 is 13.0. The van der Waals surface area contributed by atoms with Crippen LogP contribution >= 0.6 is 0 Å². The van der Waals surface area contributed by atoms with E-state index in [4.69, 9.17) is 9.47 Å². The van der Waals surface area contributed by atoms with E-state index in [-0.39, 0.29) is 23.9 Å². The molecule has 8 nitrogen and oxygen atoms in total. The first-order chi connectivity index (χ1) is 18.4. The number of aromatic amines is 1. The van der Waals surface area contributed by atoms with E-state index in [2.05, 4.69) is 48.1 Å². The van der Waals surface area contributed by atoms with Gasteiger partial charge >= 0.3 is 5.69 Å². The molecule has 1 N–H and O–H groups in total. The van der Waals surface area contributed by atoms with Gasteiger partial charge in [-0.2, -0.15) is 0 Å². The largest absolute Gasteiger partial charge is 0.490 e. The lowest BCUT2D eigenvalue weighted by Crippen LogP contribution is -2.33. The first-order valence-corrected chi connectivity index (χ1v) is 13.1. The second-order valence-corrected chi connectivity index (χ2v) is 10.4. The van der Waals surface area contributed by atoms with Gasteiger partial charge in [0.25, 0.3) is 5.56 Å². The molecule has 2 aromatic carbocycles. The number of ether oxygens (including phenoxy) is 2. The van der Waals surface area contributed by atoms with E-state index in [0.717, 1.165) is 17.5 Å². The van der Waals surface area contributed by atoms with Gasteiger partial charge in [0.05, 0.1) is 25.1 Å². The number of nitrogens with one attached hydrogen (secondary N) is 1. The van der Waals surface area contributed by atoms with E-state index in [1.807, 2.05) is 18.2 Å². The highest BCUT2D eigenvalue weighted by Crippen LogP contribution is 2.35. The van der Waals surface area contributed by atoms with Crippen LogP contribution in [0.15, 0.2) is 58.3 Å². The topological polar surface area (TPSA) is 103 Å². The van der Waals surface area contributed by atoms with Crippen LogP contribution in [0.5, 0.6) is 11.5 Å². The Hall–Kier alpha value is -4.20. The minimum absolute atomic E-state index is 0.0429. The third-order valence-electron chi connectivity index (χ3n) is 7.52. The first-order valence-electron chi connectivity index (χ1n) is 13.1. The number of benzene rings is 2. The van der Waals surface area contributed by atoms with Crippen molar-refractivity contribution in [2.24, 2.45) is 0 Å². The third-order valence-corrected chi connectivity index (χ3v) is 7.52. The summed E-state index contributed by atoms with van der Waals surface area (Å²) in [5.74, 6) is 1.62. The Balaban J connectivity index is 1.41. The molecule has 38 heavy (non-hydrogen) atoms. The molecule has 4 aromatic rings. The molecule has 1 atom stereocenters. The van der Waals surface area contributed by atoms with Crippen LogP contribution < -0.4 is 20.7 Å². The number of ketones is 1. The number of hydrogen-bond donors (Lipinski definition) is 1. The molecule has 0 radical (unpaired) electrons. The Labute approximate surface area is 219 Å². The van der Waals surface area contributed by atoms with Crippen molar-refractivity contribution in [3.8, 4) is 11.5 Å². The SMILES string of the molecule is CC(C)c1ccc(C2CC(=O)c3cnc4c(c3C2)c(=O)[nH]c(=O)n4Cc2ccc3c(c2)OCCCO3)cc1. The van der Waals surface area contributed by atoms with E-state index in [0.29, 0.717) is 60.0 Å². The van der Waals surface area contributed by atoms with Gasteiger partial charge in [0.2, 0.25) is 0 Å². The Morgan fingerprint density at radius 2 is 1.76 bits per heavy atom. The minimum atomic E-state index is -0.551. The highest BCUT2D eigenvalue weighted by atomic mass is 16.5. The number of H-pyrrole nitrogens is 1. The smallest absolute Gasteiger partial charge is 0.330 e. The fourth-order valence-electron chi connectivity index (χ4n) is 5.43. The molecule has 1 unspecified atom stereocenters. The van der Waals surface area contributed by atoms with Crippen molar-refractivity contribution in [1.82, 2.24) is 14.5 Å². The minimum Gasteiger partial charge on any atom is -0.490 e. The van der Waals surface area contributed by atoms with Gasteiger partial charge in [-0.15, -0.1) is 0 Å². The number of nitrogens with zero attached hydrogens (tertiary/aromatic N) is 2.